The third-order valence-electron chi connectivity index (χ3n) is 3.16. The van der Waals surface area contributed by atoms with Crippen LogP contribution in [0.15, 0.2) is 0 Å². The van der Waals surface area contributed by atoms with Gasteiger partial charge in [-0.05, 0) is 26.2 Å². The van der Waals surface area contributed by atoms with E-state index < -0.39 is 35.9 Å². The van der Waals surface area contributed by atoms with Crippen molar-refractivity contribution in [2.45, 2.75) is 46.6 Å². The molecule has 21 heavy (non-hydrogen) atoms. The Bertz CT molecular complexity index is 480. The summed E-state index contributed by atoms with van der Waals surface area (Å²) in [4.78, 5) is 23.2. The lowest BCUT2D eigenvalue weighted by Gasteiger charge is -2.19. The van der Waals surface area contributed by atoms with Gasteiger partial charge >= 0.3 is 11.9 Å². The van der Waals surface area contributed by atoms with Crippen molar-refractivity contribution in [1.29, 1.82) is 0 Å². The minimum atomic E-state index is -2.72. The number of hydrogen-bond acceptors (Lipinski definition) is 4. The maximum absolute atomic E-state index is 12.0. The van der Waals surface area contributed by atoms with E-state index in [1.54, 1.807) is 20.8 Å². The molecule has 4 nitrogen and oxygen atoms in total. The molecule has 0 spiro atoms. The van der Waals surface area contributed by atoms with Crippen LogP contribution in [-0.4, -0.2) is 30.6 Å². The lowest BCUT2D eigenvalue weighted by Crippen LogP contribution is -2.26. The summed E-state index contributed by atoms with van der Waals surface area (Å²) in [5, 5.41) is 0. The van der Waals surface area contributed by atoms with E-state index in [4.69, 9.17) is 4.74 Å². The Labute approximate surface area is 123 Å². The molecule has 0 aromatic heterocycles. The van der Waals surface area contributed by atoms with Gasteiger partial charge in [-0.15, -0.1) is 0 Å². The summed E-state index contributed by atoms with van der Waals surface area (Å²) in [6.07, 6.45) is -2.72. The van der Waals surface area contributed by atoms with Crippen LogP contribution in [0.4, 0.5) is 8.78 Å². The molecule has 2 unspecified atom stereocenters. The fourth-order valence-electron chi connectivity index (χ4n) is 2.02. The van der Waals surface area contributed by atoms with Gasteiger partial charge in [0.1, 0.15) is 5.60 Å². The van der Waals surface area contributed by atoms with Gasteiger partial charge in [0, 0.05) is 11.8 Å². The van der Waals surface area contributed by atoms with E-state index in [1.165, 1.54) is 0 Å². The maximum Gasteiger partial charge on any atom is 0.384 e. The molecule has 0 saturated heterocycles. The summed E-state index contributed by atoms with van der Waals surface area (Å²) in [6.45, 7) is 8.00. The zero-order valence-electron chi connectivity index (χ0n) is 12.8. The van der Waals surface area contributed by atoms with E-state index in [2.05, 4.69) is 16.6 Å². The first-order valence-corrected chi connectivity index (χ1v) is 6.64. The minimum absolute atomic E-state index is 0.341. The van der Waals surface area contributed by atoms with Crippen LogP contribution >= 0.6 is 0 Å². The van der Waals surface area contributed by atoms with Crippen molar-refractivity contribution in [3.63, 3.8) is 0 Å². The van der Waals surface area contributed by atoms with Crippen molar-refractivity contribution in [1.82, 2.24) is 0 Å². The lowest BCUT2D eigenvalue weighted by molar-refractivity contribution is -0.157. The zero-order valence-corrected chi connectivity index (χ0v) is 12.8. The quantitative estimate of drug-likeness (QED) is 0.456. The van der Waals surface area contributed by atoms with Crippen molar-refractivity contribution in [2.75, 3.05) is 6.61 Å². The Morgan fingerprint density at radius 1 is 1.29 bits per heavy atom. The van der Waals surface area contributed by atoms with Gasteiger partial charge in [0.2, 0.25) is 0 Å². The van der Waals surface area contributed by atoms with Gasteiger partial charge in [-0.1, -0.05) is 19.8 Å². The van der Waals surface area contributed by atoms with Crippen molar-refractivity contribution < 1.29 is 27.8 Å². The Morgan fingerprint density at radius 2 is 1.86 bits per heavy atom. The zero-order chi connectivity index (χ0) is 16.4. The average molecular weight is 302 g/mol. The Kier molecular flexibility index (Phi) is 4.98. The van der Waals surface area contributed by atoms with Crippen molar-refractivity contribution in [2.24, 2.45) is 17.3 Å². The molecule has 0 aromatic carbocycles. The van der Waals surface area contributed by atoms with Gasteiger partial charge in [0.15, 0.2) is 6.61 Å². The molecule has 0 radical (unpaired) electrons. The van der Waals surface area contributed by atoms with Crippen LogP contribution in [0.3, 0.4) is 0 Å². The first-order valence-electron chi connectivity index (χ1n) is 6.64. The van der Waals surface area contributed by atoms with Gasteiger partial charge < -0.3 is 9.47 Å². The second kappa shape index (κ2) is 6.00. The van der Waals surface area contributed by atoms with Crippen LogP contribution in [-0.2, 0) is 19.1 Å². The van der Waals surface area contributed by atoms with Gasteiger partial charge in [0.25, 0.3) is 6.43 Å². The van der Waals surface area contributed by atoms with Crippen LogP contribution in [0.1, 0.15) is 34.6 Å². The summed E-state index contributed by atoms with van der Waals surface area (Å²) in [5.41, 5.74) is -0.998. The first-order chi connectivity index (χ1) is 9.45. The Balaban J connectivity index is 2.61. The molecule has 1 aliphatic carbocycles. The molecule has 0 N–H and O–H groups in total. The highest BCUT2D eigenvalue weighted by Gasteiger charge is 2.62. The smallest absolute Gasteiger partial charge is 0.384 e. The predicted molar refractivity (Wildman–Crippen MR) is 71.3 cm³/mol. The normalized spacial score (nSPS) is 23.0. The van der Waals surface area contributed by atoms with E-state index in [9.17, 15) is 18.4 Å². The Hall–Kier alpha value is -1.64. The van der Waals surface area contributed by atoms with Gasteiger partial charge in [-0.2, -0.15) is 0 Å². The van der Waals surface area contributed by atoms with E-state index in [1.807, 2.05) is 13.8 Å². The van der Waals surface area contributed by atoms with E-state index >= 15 is 0 Å². The molecule has 2 atom stereocenters. The Morgan fingerprint density at radius 3 is 2.33 bits per heavy atom. The lowest BCUT2D eigenvalue weighted by atomic mass is 10.1. The third-order valence-corrected chi connectivity index (χ3v) is 3.16. The number of halogens is 2. The molecular weight excluding hydrogens is 282 g/mol. The molecule has 0 amide bonds. The average Bonchev–Trinajstić information content (AvgIpc) is 2.83. The van der Waals surface area contributed by atoms with Crippen LogP contribution in [0.25, 0.3) is 0 Å². The second-order valence-electron chi connectivity index (χ2n) is 6.57. The second-order valence-corrected chi connectivity index (χ2v) is 6.57. The summed E-state index contributed by atoms with van der Waals surface area (Å²) in [6, 6.07) is 0. The number of rotatable bonds is 3. The topological polar surface area (TPSA) is 52.6 Å². The number of alkyl halides is 2. The number of esters is 2. The molecule has 0 aliphatic heterocycles. The molecule has 118 valence electrons. The van der Waals surface area contributed by atoms with E-state index in [-0.39, 0.29) is 11.9 Å². The highest BCUT2D eigenvalue weighted by molar-refractivity contribution is 5.89. The van der Waals surface area contributed by atoms with Crippen molar-refractivity contribution >= 4 is 11.9 Å². The fraction of sp³-hybridized carbons (Fsp3) is 0.733. The number of hydrogen-bond donors (Lipinski definition) is 0. The van der Waals surface area contributed by atoms with E-state index in [0.717, 1.165) is 0 Å². The summed E-state index contributed by atoms with van der Waals surface area (Å²) < 4.78 is 33.3. The van der Waals surface area contributed by atoms with Gasteiger partial charge in [-0.3, -0.25) is 4.79 Å². The third kappa shape index (κ3) is 5.00. The molecule has 1 fully saturated rings. The van der Waals surface area contributed by atoms with Crippen LogP contribution in [0, 0.1) is 29.1 Å². The monoisotopic (exact) mass is 302 g/mol. The summed E-state index contributed by atoms with van der Waals surface area (Å²) in [7, 11) is 0. The van der Waals surface area contributed by atoms with E-state index in [0.29, 0.717) is 0 Å². The summed E-state index contributed by atoms with van der Waals surface area (Å²) in [5.74, 6) is 2.62. The standard InChI is InChI=1S/C15H20F2O4/c1-14(2,3)21-13(19)12-9(15(12,4)5)6-7-11(18)20-8-10(16)17/h9-10,12H,8H2,1-5H3. The highest BCUT2D eigenvalue weighted by Crippen LogP contribution is 2.58. The molecule has 1 saturated carbocycles. The SMILES string of the molecule is CC(C)(C)OC(=O)C1C(C#CC(=O)OCC(F)F)C1(C)C. The largest absolute Gasteiger partial charge is 0.460 e. The van der Waals surface area contributed by atoms with Gasteiger partial charge in [0.05, 0.1) is 5.92 Å². The molecular formula is C15H20F2O4. The molecule has 1 aliphatic rings. The molecule has 0 bridgehead atoms. The number of carbonyl (C=O) groups is 2. The molecule has 1 rings (SSSR count). The van der Waals surface area contributed by atoms with Gasteiger partial charge in [-0.25, -0.2) is 13.6 Å². The van der Waals surface area contributed by atoms with Crippen molar-refractivity contribution in [3.05, 3.63) is 0 Å². The number of ether oxygens (including phenoxy) is 2. The first kappa shape index (κ1) is 17.4. The highest BCUT2D eigenvalue weighted by atomic mass is 19.3. The summed E-state index contributed by atoms with van der Waals surface area (Å²) >= 11 is 0. The maximum atomic E-state index is 12.0. The fourth-order valence-corrected chi connectivity index (χ4v) is 2.02. The van der Waals surface area contributed by atoms with Crippen molar-refractivity contribution in [3.8, 4) is 11.8 Å². The minimum Gasteiger partial charge on any atom is -0.460 e. The molecule has 6 heteroatoms. The predicted octanol–water partition coefficient (Wildman–Crippen LogP) is 2.41. The number of carbonyl (C=O) groups excluding carboxylic acids is 2. The van der Waals surface area contributed by atoms with Crippen LogP contribution in [0.5, 0.6) is 0 Å². The molecule has 0 heterocycles. The molecule has 0 aromatic rings. The van der Waals surface area contributed by atoms with Crippen LogP contribution in [0.2, 0.25) is 0 Å². The van der Waals surface area contributed by atoms with Crippen LogP contribution < -0.4 is 0 Å².